The summed E-state index contributed by atoms with van der Waals surface area (Å²) in [5.74, 6) is 2.76. The van der Waals surface area contributed by atoms with Crippen LogP contribution in [0, 0.1) is 5.92 Å². The molecule has 2 aromatic rings. The van der Waals surface area contributed by atoms with Crippen molar-refractivity contribution in [3.8, 4) is 5.75 Å². The summed E-state index contributed by atoms with van der Waals surface area (Å²) in [4.78, 5) is 14.7. The van der Waals surface area contributed by atoms with Crippen LogP contribution in [0.15, 0.2) is 30.3 Å². The zero-order valence-corrected chi connectivity index (χ0v) is 18.4. The monoisotopic (exact) mass is 409 g/mol. The van der Waals surface area contributed by atoms with Crippen LogP contribution in [0.3, 0.4) is 0 Å². The van der Waals surface area contributed by atoms with Crippen LogP contribution in [0.5, 0.6) is 5.75 Å². The molecule has 0 spiro atoms. The van der Waals surface area contributed by atoms with Crippen LogP contribution in [0.2, 0.25) is 0 Å². The first-order valence-corrected chi connectivity index (χ1v) is 11.6. The molecule has 5 nitrogen and oxygen atoms in total. The number of likely N-dealkylation sites (tertiary alicyclic amines) is 1. The van der Waals surface area contributed by atoms with E-state index >= 15 is 0 Å². The Kier molecular flexibility index (Phi) is 6.76. The average Bonchev–Trinajstić information content (AvgIpc) is 3.50. The Morgan fingerprint density at radius 1 is 1.20 bits per heavy atom. The van der Waals surface area contributed by atoms with Gasteiger partial charge in [-0.25, -0.2) is 0 Å². The summed E-state index contributed by atoms with van der Waals surface area (Å²) in [5, 5.41) is 7.70. The number of rotatable bonds is 8. The molecule has 1 aromatic carbocycles. The predicted molar refractivity (Wildman–Crippen MR) is 119 cm³/mol. The lowest BCUT2D eigenvalue weighted by atomic mass is 10.0. The summed E-state index contributed by atoms with van der Waals surface area (Å²) in [6.45, 7) is 6.70. The highest BCUT2D eigenvalue weighted by atomic mass is 16.5. The third-order valence-electron chi connectivity index (χ3n) is 6.73. The highest BCUT2D eigenvalue weighted by Gasteiger charge is 2.30. The first kappa shape index (κ1) is 21.0. The number of ether oxygens (including phenoxy) is 1. The topological polar surface area (TPSA) is 58.2 Å². The van der Waals surface area contributed by atoms with Crippen LogP contribution in [0.4, 0.5) is 0 Å². The highest BCUT2D eigenvalue weighted by molar-refractivity contribution is 5.76. The molecular weight excluding hydrogens is 374 g/mol. The number of amides is 1. The molecule has 1 saturated heterocycles. The van der Waals surface area contributed by atoms with Gasteiger partial charge in [0.25, 0.3) is 0 Å². The second kappa shape index (κ2) is 9.67. The number of carbonyl (C=O) groups is 1. The molecule has 2 aliphatic rings. The summed E-state index contributed by atoms with van der Waals surface area (Å²) in [6, 6.07) is 10.5. The van der Waals surface area contributed by atoms with E-state index in [4.69, 9.17) is 4.74 Å². The van der Waals surface area contributed by atoms with Crippen molar-refractivity contribution in [2.45, 2.75) is 70.6 Å². The van der Waals surface area contributed by atoms with Gasteiger partial charge >= 0.3 is 0 Å². The van der Waals surface area contributed by atoms with Crippen LogP contribution in [-0.2, 0) is 11.2 Å². The maximum absolute atomic E-state index is 12.6. The molecule has 1 N–H and O–H groups in total. The molecule has 1 saturated carbocycles. The number of aromatic nitrogens is 2. The van der Waals surface area contributed by atoms with E-state index in [0.29, 0.717) is 30.3 Å². The van der Waals surface area contributed by atoms with E-state index in [2.05, 4.69) is 47.1 Å². The number of nitrogens with one attached hydrogen (secondary N) is 1. The smallest absolute Gasteiger partial charge is 0.222 e. The van der Waals surface area contributed by atoms with E-state index in [1.807, 2.05) is 12.1 Å². The van der Waals surface area contributed by atoms with Crippen molar-refractivity contribution in [1.29, 1.82) is 0 Å². The van der Waals surface area contributed by atoms with Crippen LogP contribution >= 0.6 is 0 Å². The molecule has 2 heterocycles. The Morgan fingerprint density at radius 2 is 1.97 bits per heavy atom. The number of carbonyl (C=O) groups excluding carboxylic acids is 1. The minimum absolute atomic E-state index is 0.344. The van der Waals surface area contributed by atoms with Gasteiger partial charge in [0.1, 0.15) is 5.75 Å². The molecule has 0 bridgehead atoms. The number of nitrogens with zero attached hydrogens (tertiary/aromatic N) is 2. The SMILES string of the molecule is CC(C)c1ccc(OCCc2cc([C@@H]3CCN(C(=O)CC4CCCC4)C3)n[nH]2)cc1. The first-order valence-electron chi connectivity index (χ1n) is 11.6. The Balaban J connectivity index is 1.22. The van der Waals surface area contributed by atoms with Gasteiger partial charge in [-0.05, 0) is 54.9 Å². The Morgan fingerprint density at radius 3 is 2.70 bits per heavy atom. The molecule has 1 aliphatic heterocycles. The van der Waals surface area contributed by atoms with Crippen molar-refractivity contribution >= 4 is 5.91 Å². The molecule has 2 fully saturated rings. The van der Waals surface area contributed by atoms with Gasteiger partial charge in [-0.15, -0.1) is 0 Å². The maximum Gasteiger partial charge on any atom is 0.222 e. The quantitative estimate of drug-likeness (QED) is 0.664. The Bertz CT molecular complexity index is 821. The van der Waals surface area contributed by atoms with Crippen molar-refractivity contribution in [3.05, 3.63) is 47.3 Å². The van der Waals surface area contributed by atoms with Gasteiger partial charge in [0.05, 0.1) is 12.3 Å². The molecule has 0 radical (unpaired) electrons. The van der Waals surface area contributed by atoms with Crippen molar-refractivity contribution in [3.63, 3.8) is 0 Å². The van der Waals surface area contributed by atoms with Crippen molar-refractivity contribution in [2.24, 2.45) is 5.92 Å². The fourth-order valence-electron chi connectivity index (χ4n) is 4.76. The summed E-state index contributed by atoms with van der Waals surface area (Å²) >= 11 is 0. The third-order valence-corrected chi connectivity index (χ3v) is 6.73. The molecule has 4 rings (SSSR count). The van der Waals surface area contributed by atoms with Crippen LogP contribution in [0.1, 0.15) is 81.2 Å². The molecule has 5 heteroatoms. The van der Waals surface area contributed by atoms with Crippen molar-refractivity contribution < 1.29 is 9.53 Å². The Hall–Kier alpha value is -2.30. The third kappa shape index (κ3) is 5.24. The summed E-state index contributed by atoms with van der Waals surface area (Å²) in [5.41, 5.74) is 3.51. The molecule has 0 unspecified atom stereocenters. The second-order valence-corrected chi connectivity index (χ2v) is 9.32. The Labute approximate surface area is 180 Å². The highest BCUT2D eigenvalue weighted by Crippen LogP contribution is 2.31. The molecule has 1 amide bonds. The largest absolute Gasteiger partial charge is 0.493 e. The lowest BCUT2D eigenvalue weighted by Gasteiger charge is -2.18. The van der Waals surface area contributed by atoms with Crippen LogP contribution < -0.4 is 4.74 Å². The number of hydrogen-bond donors (Lipinski definition) is 1. The molecule has 1 aliphatic carbocycles. The number of hydrogen-bond acceptors (Lipinski definition) is 3. The van der Waals surface area contributed by atoms with Gasteiger partial charge < -0.3 is 9.64 Å². The number of aromatic amines is 1. The van der Waals surface area contributed by atoms with E-state index in [1.165, 1.54) is 31.2 Å². The normalized spacial score (nSPS) is 19.7. The number of benzene rings is 1. The molecular formula is C25H35N3O2. The summed E-state index contributed by atoms with van der Waals surface area (Å²) < 4.78 is 5.89. The maximum atomic E-state index is 12.6. The molecule has 30 heavy (non-hydrogen) atoms. The lowest BCUT2D eigenvalue weighted by Crippen LogP contribution is -2.29. The van der Waals surface area contributed by atoms with E-state index in [9.17, 15) is 4.79 Å². The van der Waals surface area contributed by atoms with Crippen molar-refractivity contribution in [2.75, 3.05) is 19.7 Å². The lowest BCUT2D eigenvalue weighted by molar-refractivity contribution is -0.131. The van der Waals surface area contributed by atoms with Gasteiger partial charge in [0.2, 0.25) is 5.91 Å². The van der Waals surface area contributed by atoms with Crippen LogP contribution in [0.25, 0.3) is 0 Å². The number of H-pyrrole nitrogens is 1. The zero-order chi connectivity index (χ0) is 20.9. The molecule has 1 aromatic heterocycles. The molecule has 162 valence electrons. The van der Waals surface area contributed by atoms with Crippen molar-refractivity contribution in [1.82, 2.24) is 15.1 Å². The van der Waals surface area contributed by atoms with Gasteiger partial charge in [-0.1, -0.05) is 38.8 Å². The van der Waals surface area contributed by atoms with E-state index in [-0.39, 0.29) is 0 Å². The predicted octanol–water partition coefficient (Wildman–Crippen LogP) is 5.05. The first-order chi connectivity index (χ1) is 14.6. The minimum Gasteiger partial charge on any atom is -0.493 e. The summed E-state index contributed by atoms with van der Waals surface area (Å²) in [7, 11) is 0. The zero-order valence-electron chi connectivity index (χ0n) is 18.4. The molecule has 1 atom stereocenters. The van der Waals surface area contributed by atoms with E-state index in [1.54, 1.807) is 0 Å². The fourth-order valence-corrected chi connectivity index (χ4v) is 4.76. The van der Waals surface area contributed by atoms with Gasteiger partial charge in [0.15, 0.2) is 0 Å². The standard InChI is InChI=1S/C25H35N3O2/c1-18(2)20-7-9-23(10-8-20)30-14-12-22-16-24(27-26-22)21-11-13-28(17-21)25(29)15-19-5-3-4-6-19/h7-10,16,18-19,21H,3-6,11-15,17H2,1-2H3,(H,26,27)/t21-/m1/s1. The van der Waals surface area contributed by atoms with Gasteiger partial charge in [0, 0.05) is 37.5 Å². The second-order valence-electron chi connectivity index (χ2n) is 9.32. The van der Waals surface area contributed by atoms with Crippen LogP contribution in [-0.4, -0.2) is 40.7 Å². The minimum atomic E-state index is 0.344. The fraction of sp³-hybridized carbons (Fsp3) is 0.600. The van der Waals surface area contributed by atoms with E-state index in [0.717, 1.165) is 49.5 Å². The summed E-state index contributed by atoms with van der Waals surface area (Å²) in [6.07, 6.45) is 7.61. The van der Waals surface area contributed by atoms with Gasteiger partial charge in [-0.3, -0.25) is 9.89 Å². The average molecular weight is 410 g/mol. The van der Waals surface area contributed by atoms with Gasteiger partial charge in [-0.2, -0.15) is 5.10 Å². The van der Waals surface area contributed by atoms with E-state index < -0.39 is 0 Å².